The lowest BCUT2D eigenvalue weighted by atomic mass is 10.1. The highest BCUT2D eigenvalue weighted by molar-refractivity contribution is 6.35. The second-order valence-corrected chi connectivity index (χ2v) is 7.22. The zero-order valence-electron chi connectivity index (χ0n) is 15.3. The Morgan fingerprint density at radius 2 is 1.80 bits per heavy atom. The topological polar surface area (TPSA) is 107 Å². The number of aromatic nitrogens is 2. The van der Waals surface area contributed by atoms with E-state index in [0.29, 0.717) is 27.2 Å². The van der Waals surface area contributed by atoms with Crippen molar-refractivity contribution in [3.05, 3.63) is 97.5 Å². The highest BCUT2D eigenvalue weighted by Crippen LogP contribution is 2.30. The normalized spacial score (nSPS) is 11.2. The van der Waals surface area contributed by atoms with Crippen LogP contribution in [0, 0.1) is 10.1 Å². The minimum atomic E-state index is -1.50. The van der Waals surface area contributed by atoms with Crippen LogP contribution in [-0.4, -0.2) is 25.8 Å². The summed E-state index contributed by atoms with van der Waals surface area (Å²) in [4.78, 5) is 24.8. The van der Waals surface area contributed by atoms with E-state index < -0.39 is 11.2 Å². The molecule has 0 saturated heterocycles. The minimum absolute atomic E-state index is 0.142. The molecule has 0 radical (unpaired) electrons. The molecule has 0 aliphatic rings. The van der Waals surface area contributed by atoms with Gasteiger partial charge in [0.15, 0.2) is 0 Å². The van der Waals surface area contributed by atoms with Gasteiger partial charge in [-0.15, -0.1) is 10.1 Å². The second kappa shape index (κ2) is 11.4. The van der Waals surface area contributed by atoms with Crippen LogP contribution in [0.2, 0.25) is 15.1 Å². The van der Waals surface area contributed by atoms with Crippen LogP contribution in [0.25, 0.3) is 0 Å². The Morgan fingerprint density at radius 3 is 2.37 bits per heavy atom. The van der Waals surface area contributed by atoms with Crippen LogP contribution in [0.1, 0.15) is 17.2 Å². The summed E-state index contributed by atoms with van der Waals surface area (Å²) in [6.07, 6.45) is 4.70. The van der Waals surface area contributed by atoms with Crippen LogP contribution in [0.3, 0.4) is 0 Å². The average molecular weight is 473 g/mol. The van der Waals surface area contributed by atoms with Crippen LogP contribution in [0.5, 0.6) is 0 Å². The van der Waals surface area contributed by atoms with Gasteiger partial charge in [0.2, 0.25) is 0 Å². The number of ether oxygens (including phenoxy) is 1. The Hall–Kier alpha value is -2.81. The van der Waals surface area contributed by atoms with Crippen molar-refractivity contribution in [2.75, 3.05) is 0 Å². The predicted molar refractivity (Wildman–Crippen MR) is 111 cm³/mol. The number of imidazole rings is 1. The van der Waals surface area contributed by atoms with Crippen molar-refractivity contribution < 1.29 is 19.8 Å². The number of esters is 1. The molecular formula is C19H16Cl3N3O5. The number of hydrogen-bond donors (Lipinski definition) is 1. The first kappa shape index (κ1) is 23.5. The molecule has 1 unspecified atom stereocenters. The SMILES string of the molecule is O=C(Cc1ccc(Cl)cc1)OC(Cn1ccnc1)c1ccc(Cl)cc1Cl.O=[N+]([O-])O. The molecule has 0 spiro atoms. The molecule has 11 heteroatoms. The summed E-state index contributed by atoms with van der Waals surface area (Å²) in [6, 6.07) is 12.2. The Kier molecular flexibility index (Phi) is 8.91. The van der Waals surface area contributed by atoms with E-state index in [1.807, 2.05) is 4.57 Å². The number of carbonyl (C=O) groups is 1. The molecule has 3 rings (SSSR count). The summed E-state index contributed by atoms with van der Waals surface area (Å²) in [5.74, 6) is -0.358. The summed E-state index contributed by atoms with van der Waals surface area (Å²) < 4.78 is 7.54. The van der Waals surface area contributed by atoms with Crippen molar-refractivity contribution in [3.63, 3.8) is 0 Å². The van der Waals surface area contributed by atoms with Gasteiger partial charge in [0.1, 0.15) is 6.10 Å². The fourth-order valence-corrected chi connectivity index (χ4v) is 3.17. The quantitative estimate of drug-likeness (QED) is 0.306. The monoisotopic (exact) mass is 471 g/mol. The number of nitrogens with zero attached hydrogens (tertiary/aromatic N) is 3. The Balaban J connectivity index is 0.000000735. The van der Waals surface area contributed by atoms with Gasteiger partial charge in [-0.05, 0) is 29.8 Å². The maximum absolute atomic E-state index is 12.4. The molecule has 2 aromatic carbocycles. The summed E-state index contributed by atoms with van der Waals surface area (Å²) in [7, 11) is 0. The number of carbonyl (C=O) groups excluding carboxylic acids is 1. The molecule has 0 aliphatic heterocycles. The largest absolute Gasteiger partial charge is 0.455 e. The molecule has 0 saturated carbocycles. The molecule has 0 amide bonds. The van der Waals surface area contributed by atoms with E-state index >= 15 is 0 Å². The number of rotatable bonds is 6. The molecule has 1 heterocycles. The van der Waals surface area contributed by atoms with E-state index in [2.05, 4.69) is 4.98 Å². The minimum Gasteiger partial charge on any atom is -0.455 e. The van der Waals surface area contributed by atoms with Gasteiger partial charge >= 0.3 is 5.97 Å². The zero-order valence-corrected chi connectivity index (χ0v) is 17.6. The molecule has 8 nitrogen and oxygen atoms in total. The van der Waals surface area contributed by atoms with Crippen LogP contribution in [0.15, 0.2) is 61.2 Å². The Morgan fingerprint density at radius 1 is 1.17 bits per heavy atom. The number of halogens is 3. The van der Waals surface area contributed by atoms with E-state index in [1.165, 1.54) is 0 Å². The van der Waals surface area contributed by atoms with Gasteiger partial charge < -0.3 is 14.5 Å². The van der Waals surface area contributed by atoms with Gasteiger partial charge in [-0.2, -0.15) is 0 Å². The third kappa shape index (κ3) is 7.90. The summed E-state index contributed by atoms with van der Waals surface area (Å²) in [5, 5.41) is 15.2. The molecule has 158 valence electrons. The van der Waals surface area contributed by atoms with Gasteiger partial charge in [-0.25, -0.2) is 4.98 Å². The second-order valence-electron chi connectivity index (χ2n) is 5.94. The number of benzene rings is 2. The lowest BCUT2D eigenvalue weighted by molar-refractivity contribution is -0.742. The van der Waals surface area contributed by atoms with Gasteiger partial charge in [0, 0.05) is 33.0 Å². The molecule has 30 heavy (non-hydrogen) atoms. The van der Waals surface area contributed by atoms with Crippen LogP contribution in [0.4, 0.5) is 0 Å². The van der Waals surface area contributed by atoms with E-state index in [0.717, 1.165) is 5.56 Å². The fraction of sp³-hybridized carbons (Fsp3) is 0.158. The van der Waals surface area contributed by atoms with Crippen LogP contribution < -0.4 is 0 Å². The van der Waals surface area contributed by atoms with Gasteiger partial charge in [0.05, 0.1) is 19.3 Å². The van der Waals surface area contributed by atoms with Crippen molar-refractivity contribution in [2.24, 2.45) is 0 Å². The van der Waals surface area contributed by atoms with E-state index in [-0.39, 0.29) is 12.4 Å². The van der Waals surface area contributed by atoms with Gasteiger partial charge in [-0.1, -0.05) is 53.0 Å². The fourth-order valence-electron chi connectivity index (χ4n) is 2.52. The molecule has 1 N–H and O–H groups in total. The summed E-state index contributed by atoms with van der Waals surface area (Å²) >= 11 is 18.2. The molecule has 3 aromatic rings. The van der Waals surface area contributed by atoms with E-state index in [1.54, 1.807) is 61.2 Å². The smallest absolute Gasteiger partial charge is 0.310 e. The third-order valence-electron chi connectivity index (χ3n) is 3.78. The molecule has 0 fully saturated rings. The van der Waals surface area contributed by atoms with Gasteiger partial charge in [0.25, 0.3) is 5.09 Å². The van der Waals surface area contributed by atoms with Crippen molar-refractivity contribution >= 4 is 40.8 Å². The van der Waals surface area contributed by atoms with Crippen LogP contribution >= 0.6 is 34.8 Å². The van der Waals surface area contributed by atoms with Crippen molar-refractivity contribution in [1.82, 2.24) is 9.55 Å². The first-order valence-corrected chi connectivity index (χ1v) is 9.56. The first-order valence-electron chi connectivity index (χ1n) is 8.42. The standard InChI is InChI=1S/C19H15Cl3N2O2.HNO3/c20-14-3-1-13(2-4-14)9-19(25)26-18(11-24-8-7-23-12-24)16-6-5-15(21)10-17(16)22;2-1(3)4/h1-8,10,12,18H,9,11H2;(H,2,3,4). The molecule has 1 atom stereocenters. The highest BCUT2D eigenvalue weighted by atomic mass is 35.5. The summed E-state index contributed by atoms with van der Waals surface area (Å²) in [5.41, 5.74) is 1.51. The molecule has 1 aromatic heterocycles. The van der Waals surface area contributed by atoms with Crippen molar-refractivity contribution in [2.45, 2.75) is 19.1 Å². The Bertz CT molecular complexity index is 978. The molecular weight excluding hydrogens is 457 g/mol. The number of hydrogen-bond acceptors (Lipinski definition) is 5. The lowest BCUT2D eigenvalue weighted by Gasteiger charge is -2.20. The van der Waals surface area contributed by atoms with E-state index in [9.17, 15) is 4.79 Å². The predicted octanol–water partition coefficient (Wildman–Crippen LogP) is 5.02. The van der Waals surface area contributed by atoms with Crippen LogP contribution in [-0.2, 0) is 22.5 Å². The Labute approximate surface area is 186 Å². The van der Waals surface area contributed by atoms with Crippen molar-refractivity contribution in [3.8, 4) is 0 Å². The van der Waals surface area contributed by atoms with E-state index in [4.69, 9.17) is 54.9 Å². The first-order chi connectivity index (χ1) is 14.2. The maximum atomic E-state index is 12.4. The van der Waals surface area contributed by atoms with Crippen molar-refractivity contribution in [1.29, 1.82) is 0 Å². The highest BCUT2D eigenvalue weighted by Gasteiger charge is 2.20. The average Bonchev–Trinajstić information content (AvgIpc) is 3.16. The third-order valence-corrected chi connectivity index (χ3v) is 4.60. The summed E-state index contributed by atoms with van der Waals surface area (Å²) in [6.45, 7) is 0.397. The van der Waals surface area contributed by atoms with Gasteiger partial charge in [-0.3, -0.25) is 4.79 Å². The zero-order chi connectivity index (χ0) is 22.1. The lowest BCUT2D eigenvalue weighted by Crippen LogP contribution is -2.18. The molecule has 0 aliphatic carbocycles. The maximum Gasteiger partial charge on any atom is 0.310 e. The molecule has 0 bridgehead atoms.